The zero-order valence-corrected chi connectivity index (χ0v) is 30.3. The number of para-hydroxylation sites is 1. The van der Waals surface area contributed by atoms with Gasteiger partial charge in [-0.3, -0.25) is 0 Å². The first-order valence-corrected chi connectivity index (χ1v) is 18.9. The number of rotatable bonds is 7. The zero-order valence-electron chi connectivity index (χ0n) is 30.3. The van der Waals surface area contributed by atoms with Crippen molar-refractivity contribution in [2.75, 3.05) is 4.90 Å². The summed E-state index contributed by atoms with van der Waals surface area (Å²) in [7, 11) is 0. The van der Waals surface area contributed by atoms with Crippen molar-refractivity contribution in [3.8, 4) is 44.5 Å². The minimum Gasteiger partial charge on any atom is -0.309 e. The van der Waals surface area contributed by atoms with E-state index in [1.807, 2.05) is 0 Å². The third kappa shape index (κ3) is 5.93. The molecule has 0 spiro atoms. The molecule has 0 fully saturated rings. The third-order valence-electron chi connectivity index (χ3n) is 10.8. The topological polar surface area (TPSA) is 3.24 Å². The van der Waals surface area contributed by atoms with E-state index >= 15 is 0 Å². The Kier molecular flexibility index (Phi) is 8.24. The molecule has 0 N–H and O–H groups in total. The van der Waals surface area contributed by atoms with E-state index in [4.69, 9.17) is 0 Å². The summed E-state index contributed by atoms with van der Waals surface area (Å²) < 4.78 is 0. The van der Waals surface area contributed by atoms with Crippen LogP contribution < -0.4 is 4.90 Å². The molecule has 0 unspecified atom stereocenters. The summed E-state index contributed by atoms with van der Waals surface area (Å²) in [4.78, 5) is 2.48. The first-order valence-electron chi connectivity index (χ1n) is 18.9. The summed E-state index contributed by atoms with van der Waals surface area (Å²) in [6.45, 7) is 0. The average molecular weight is 700 g/mol. The second-order valence-corrected chi connectivity index (χ2v) is 14.1. The molecule has 0 aliphatic heterocycles. The van der Waals surface area contributed by atoms with Gasteiger partial charge in [0.1, 0.15) is 0 Å². The van der Waals surface area contributed by atoms with Crippen LogP contribution in [0.2, 0.25) is 0 Å². The van der Waals surface area contributed by atoms with Crippen molar-refractivity contribution >= 4 is 49.4 Å². The van der Waals surface area contributed by atoms with E-state index in [0.717, 1.165) is 22.6 Å². The van der Waals surface area contributed by atoms with Crippen LogP contribution in [0.5, 0.6) is 0 Å². The Morgan fingerprint density at radius 3 is 1.55 bits per heavy atom. The van der Waals surface area contributed by atoms with E-state index in [0.29, 0.717) is 0 Å². The summed E-state index contributed by atoms with van der Waals surface area (Å²) in [5.74, 6) is 0. The monoisotopic (exact) mass is 699 g/mol. The van der Waals surface area contributed by atoms with Gasteiger partial charge in [0.05, 0.1) is 11.4 Å². The van der Waals surface area contributed by atoms with Crippen molar-refractivity contribution in [1.82, 2.24) is 0 Å². The minimum absolute atomic E-state index is 1.10. The van der Waals surface area contributed by atoms with E-state index < -0.39 is 0 Å². The van der Waals surface area contributed by atoms with E-state index in [1.165, 1.54) is 71.3 Å². The smallest absolute Gasteiger partial charge is 0.0546 e. The number of hydrogen-bond acceptors (Lipinski definition) is 1. The SMILES string of the molecule is c1ccc(-c2ccccc2-c2ccccc2-c2ccccc2N(c2cccc(-c3ccc4ccccc4c3)c2)c2cc3ccccc3c3ccccc23)cc1. The van der Waals surface area contributed by atoms with Crippen LogP contribution in [-0.2, 0) is 0 Å². The predicted molar refractivity (Wildman–Crippen MR) is 235 cm³/mol. The van der Waals surface area contributed by atoms with E-state index in [-0.39, 0.29) is 0 Å². The highest BCUT2D eigenvalue weighted by Crippen LogP contribution is 2.48. The number of fused-ring (bicyclic) bond motifs is 4. The molecule has 0 aliphatic rings. The summed E-state index contributed by atoms with van der Waals surface area (Å²) in [6, 6.07) is 81.6. The van der Waals surface area contributed by atoms with Crippen LogP contribution in [0.25, 0.3) is 76.8 Å². The lowest BCUT2D eigenvalue weighted by Crippen LogP contribution is -2.12. The predicted octanol–water partition coefficient (Wildman–Crippen LogP) is 15.3. The molecule has 55 heavy (non-hydrogen) atoms. The Bertz CT molecular complexity index is 2990. The fourth-order valence-corrected chi connectivity index (χ4v) is 8.26. The second kappa shape index (κ2) is 14.0. The Hall–Kier alpha value is -7.22. The van der Waals surface area contributed by atoms with Gasteiger partial charge in [-0.05, 0) is 96.2 Å². The van der Waals surface area contributed by atoms with Gasteiger partial charge in [-0.1, -0.05) is 194 Å². The third-order valence-corrected chi connectivity index (χ3v) is 10.8. The first kappa shape index (κ1) is 32.4. The lowest BCUT2D eigenvalue weighted by atomic mass is 9.88. The van der Waals surface area contributed by atoms with Crippen molar-refractivity contribution in [3.05, 3.63) is 224 Å². The maximum Gasteiger partial charge on any atom is 0.0546 e. The number of nitrogens with zero attached hydrogens (tertiary/aromatic N) is 1. The summed E-state index contributed by atoms with van der Waals surface area (Å²) >= 11 is 0. The highest BCUT2D eigenvalue weighted by Gasteiger charge is 2.22. The maximum absolute atomic E-state index is 2.48. The van der Waals surface area contributed by atoms with Crippen LogP contribution in [0.1, 0.15) is 0 Å². The van der Waals surface area contributed by atoms with Gasteiger partial charge in [0.2, 0.25) is 0 Å². The normalized spacial score (nSPS) is 11.3. The van der Waals surface area contributed by atoms with Crippen LogP contribution in [-0.4, -0.2) is 0 Å². The van der Waals surface area contributed by atoms with Gasteiger partial charge in [-0.2, -0.15) is 0 Å². The molecular weight excluding hydrogens is 663 g/mol. The van der Waals surface area contributed by atoms with Gasteiger partial charge in [-0.25, -0.2) is 0 Å². The Balaban J connectivity index is 1.23. The van der Waals surface area contributed by atoms with Gasteiger partial charge < -0.3 is 4.90 Å². The quantitative estimate of drug-likeness (QED) is 0.150. The van der Waals surface area contributed by atoms with Crippen LogP contribution >= 0.6 is 0 Å². The highest BCUT2D eigenvalue weighted by molar-refractivity contribution is 6.15. The fourth-order valence-electron chi connectivity index (χ4n) is 8.26. The molecule has 10 aromatic rings. The molecule has 1 heteroatoms. The van der Waals surface area contributed by atoms with Gasteiger partial charge in [-0.15, -0.1) is 0 Å². The molecule has 0 amide bonds. The molecular formula is C54H37N. The molecule has 0 aromatic heterocycles. The maximum atomic E-state index is 2.48. The molecule has 0 heterocycles. The standard InChI is InChI=1S/C54H37N/c1-2-18-39(19-3-1)45-24-8-9-26-47(45)49-28-10-11-29-50(49)51-30-14-15-32-53(51)55(54-37-43-21-6-7-25-46(43)48-27-12-13-31-52(48)54)44-23-16-22-41(36-44)42-34-33-38-17-4-5-20-40(38)35-42/h1-37H. The highest BCUT2D eigenvalue weighted by atomic mass is 15.1. The van der Waals surface area contributed by atoms with Crippen LogP contribution in [0.3, 0.4) is 0 Å². The Labute approximate surface area is 322 Å². The molecule has 258 valence electrons. The molecule has 1 nitrogen and oxygen atoms in total. The molecule has 10 rings (SSSR count). The molecule has 0 bridgehead atoms. The lowest BCUT2D eigenvalue weighted by molar-refractivity contribution is 1.30. The molecule has 0 saturated heterocycles. The average Bonchev–Trinajstić information content (AvgIpc) is 3.27. The van der Waals surface area contributed by atoms with Gasteiger partial charge >= 0.3 is 0 Å². The van der Waals surface area contributed by atoms with Gasteiger partial charge in [0.15, 0.2) is 0 Å². The minimum atomic E-state index is 1.10. The molecule has 0 atom stereocenters. The van der Waals surface area contributed by atoms with Gasteiger partial charge in [0.25, 0.3) is 0 Å². The van der Waals surface area contributed by atoms with Crippen LogP contribution in [0.4, 0.5) is 17.1 Å². The molecule has 10 aromatic carbocycles. The van der Waals surface area contributed by atoms with Crippen molar-refractivity contribution in [1.29, 1.82) is 0 Å². The lowest BCUT2D eigenvalue weighted by Gasteiger charge is -2.30. The van der Waals surface area contributed by atoms with Crippen molar-refractivity contribution < 1.29 is 0 Å². The Morgan fingerprint density at radius 2 is 0.764 bits per heavy atom. The fraction of sp³-hybridized carbons (Fsp3) is 0. The summed E-state index contributed by atoms with van der Waals surface area (Å²) in [5.41, 5.74) is 12.9. The summed E-state index contributed by atoms with van der Waals surface area (Å²) in [5, 5.41) is 7.38. The zero-order chi connectivity index (χ0) is 36.6. The van der Waals surface area contributed by atoms with Crippen molar-refractivity contribution in [2.45, 2.75) is 0 Å². The van der Waals surface area contributed by atoms with E-state index in [9.17, 15) is 0 Å². The number of anilines is 3. The first-order chi connectivity index (χ1) is 27.3. The molecule has 0 radical (unpaired) electrons. The number of hydrogen-bond donors (Lipinski definition) is 0. The summed E-state index contributed by atoms with van der Waals surface area (Å²) in [6.07, 6.45) is 0. The van der Waals surface area contributed by atoms with Gasteiger partial charge in [0, 0.05) is 16.6 Å². The Morgan fingerprint density at radius 1 is 0.236 bits per heavy atom. The van der Waals surface area contributed by atoms with E-state index in [2.05, 4.69) is 229 Å². The largest absolute Gasteiger partial charge is 0.309 e. The van der Waals surface area contributed by atoms with Crippen LogP contribution in [0, 0.1) is 0 Å². The number of benzene rings is 10. The second-order valence-electron chi connectivity index (χ2n) is 14.1. The van der Waals surface area contributed by atoms with Crippen molar-refractivity contribution in [2.24, 2.45) is 0 Å². The molecule has 0 saturated carbocycles. The molecule has 0 aliphatic carbocycles. The van der Waals surface area contributed by atoms with Crippen molar-refractivity contribution in [3.63, 3.8) is 0 Å². The van der Waals surface area contributed by atoms with Crippen LogP contribution in [0.15, 0.2) is 224 Å². The van der Waals surface area contributed by atoms with E-state index in [1.54, 1.807) is 0 Å².